The van der Waals surface area contributed by atoms with Gasteiger partial charge >= 0.3 is 0 Å². The number of ketones is 1. The summed E-state index contributed by atoms with van der Waals surface area (Å²) in [5.41, 5.74) is -0.321. The van der Waals surface area contributed by atoms with Gasteiger partial charge in [-0.15, -0.1) is 0 Å². The van der Waals surface area contributed by atoms with Crippen molar-refractivity contribution in [1.29, 1.82) is 0 Å². The number of fused-ring (bicyclic) bond motifs is 1. The molecule has 3 aromatic rings. The Hall–Kier alpha value is -3.28. The molecule has 1 heterocycles. The molecule has 0 radical (unpaired) electrons. The van der Waals surface area contributed by atoms with Gasteiger partial charge in [-0.05, 0) is 29.8 Å². The van der Waals surface area contributed by atoms with Gasteiger partial charge in [-0.3, -0.25) is 9.59 Å². The van der Waals surface area contributed by atoms with Crippen LogP contribution in [0, 0.1) is 5.82 Å². The summed E-state index contributed by atoms with van der Waals surface area (Å²) in [4.78, 5) is 27.1. The SMILES string of the molecule is O=C(/C=C/c1ccccc1)CC1(O)C(=O)N(Cc2c(F)cccc2Cl)c2ccccc21. The first-order valence-corrected chi connectivity index (χ1v) is 10.1. The normalized spacial score (nSPS) is 17.9. The second-order valence-corrected chi connectivity index (χ2v) is 7.76. The van der Waals surface area contributed by atoms with E-state index in [2.05, 4.69) is 0 Å². The first-order chi connectivity index (χ1) is 14.9. The van der Waals surface area contributed by atoms with E-state index in [4.69, 9.17) is 11.6 Å². The summed E-state index contributed by atoms with van der Waals surface area (Å²) in [6, 6.07) is 20.2. The summed E-state index contributed by atoms with van der Waals surface area (Å²) < 4.78 is 14.3. The zero-order valence-electron chi connectivity index (χ0n) is 16.5. The van der Waals surface area contributed by atoms with Gasteiger partial charge in [0, 0.05) is 16.1 Å². The minimum atomic E-state index is -2.04. The fourth-order valence-electron chi connectivity index (χ4n) is 3.74. The van der Waals surface area contributed by atoms with E-state index >= 15 is 0 Å². The number of benzene rings is 3. The smallest absolute Gasteiger partial charge is 0.264 e. The highest BCUT2D eigenvalue weighted by atomic mass is 35.5. The van der Waals surface area contributed by atoms with Crippen LogP contribution in [0.15, 0.2) is 78.9 Å². The van der Waals surface area contributed by atoms with E-state index in [-0.39, 0.29) is 17.1 Å². The lowest BCUT2D eigenvalue weighted by Crippen LogP contribution is -2.41. The standard InChI is InChI=1S/C25H19ClFNO3/c26-21-10-6-11-22(27)19(21)16-28-23-12-5-4-9-20(23)25(31,24(28)30)15-18(29)14-13-17-7-2-1-3-8-17/h1-14,31H,15-16H2/b14-13+. The fourth-order valence-corrected chi connectivity index (χ4v) is 3.96. The summed E-state index contributed by atoms with van der Waals surface area (Å²) in [5.74, 6) is -1.63. The quantitative estimate of drug-likeness (QED) is 0.561. The van der Waals surface area contributed by atoms with Crippen LogP contribution in [0.4, 0.5) is 10.1 Å². The molecule has 0 aliphatic carbocycles. The Labute approximate surface area is 184 Å². The van der Waals surface area contributed by atoms with E-state index in [0.717, 1.165) is 5.56 Å². The number of rotatable bonds is 6. The second kappa shape index (κ2) is 8.46. The minimum Gasteiger partial charge on any atom is -0.375 e. The number of anilines is 1. The lowest BCUT2D eigenvalue weighted by Gasteiger charge is -2.23. The first kappa shape index (κ1) is 21.0. The monoisotopic (exact) mass is 435 g/mol. The van der Waals surface area contributed by atoms with Crippen molar-refractivity contribution >= 4 is 35.1 Å². The van der Waals surface area contributed by atoms with Crippen LogP contribution < -0.4 is 4.90 Å². The highest BCUT2D eigenvalue weighted by Gasteiger charge is 2.50. The lowest BCUT2D eigenvalue weighted by molar-refractivity contribution is -0.140. The number of carbonyl (C=O) groups excluding carboxylic acids is 2. The molecule has 1 atom stereocenters. The van der Waals surface area contributed by atoms with Gasteiger partial charge in [0.15, 0.2) is 11.4 Å². The molecule has 1 N–H and O–H groups in total. The zero-order chi connectivity index (χ0) is 22.0. The molecule has 0 saturated heterocycles. The van der Waals surface area contributed by atoms with Gasteiger partial charge in [0.05, 0.1) is 18.7 Å². The molecule has 1 aliphatic rings. The molecular formula is C25H19ClFNO3. The van der Waals surface area contributed by atoms with Crippen molar-refractivity contribution in [3.05, 3.63) is 106 Å². The predicted octanol–water partition coefficient (Wildman–Crippen LogP) is 4.89. The predicted molar refractivity (Wildman–Crippen MR) is 118 cm³/mol. The molecule has 1 aliphatic heterocycles. The van der Waals surface area contributed by atoms with Crippen molar-refractivity contribution in [1.82, 2.24) is 0 Å². The summed E-state index contributed by atoms with van der Waals surface area (Å²) in [5, 5.41) is 11.5. The average Bonchev–Trinajstić information content (AvgIpc) is 2.97. The molecule has 1 amide bonds. The average molecular weight is 436 g/mol. The summed E-state index contributed by atoms with van der Waals surface area (Å²) in [6.45, 7) is -0.155. The van der Waals surface area contributed by atoms with E-state index in [1.165, 1.54) is 29.2 Å². The van der Waals surface area contributed by atoms with Crippen LogP contribution in [-0.4, -0.2) is 16.8 Å². The maximum absolute atomic E-state index is 14.3. The van der Waals surface area contributed by atoms with Gasteiger partial charge in [0.25, 0.3) is 5.91 Å². The van der Waals surface area contributed by atoms with Gasteiger partial charge < -0.3 is 10.0 Å². The van der Waals surface area contributed by atoms with Gasteiger partial charge in [-0.2, -0.15) is 0 Å². The number of halogens is 2. The third kappa shape index (κ3) is 4.02. The number of hydrogen-bond acceptors (Lipinski definition) is 3. The minimum absolute atomic E-state index is 0.145. The van der Waals surface area contributed by atoms with Gasteiger partial charge in [0.1, 0.15) is 5.82 Å². The van der Waals surface area contributed by atoms with Crippen LogP contribution in [0.25, 0.3) is 6.08 Å². The highest BCUT2D eigenvalue weighted by molar-refractivity contribution is 6.31. The van der Waals surface area contributed by atoms with Crippen molar-refractivity contribution in [2.24, 2.45) is 0 Å². The summed E-state index contributed by atoms with van der Waals surface area (Å²) in [7, 11) is 0. The number of allylic oxidation sites excluding steroid dienone is 1. The maximum Gasteiger partial charge on any atom is 0.264 e. The number of nitrogens with zero attached hydrogens (tertiary/aromatic N) is 1. The van der Waals surface area contributed by atoms with Crippen LogP contribution >= 0.6 is 11.6 Å². The molecule has 6 heteroatoms. The van der Waals surface area contributed by atoms with Crippen molar-refractivity contribution in [3.63, 3.8) is 0 Å². The summed E-state index contributed by atoms with van der Waals surface area (Å²) in [6.07, 6.45) is 2.56. The molecule has 4 rings (SSSR count). The van der Waals surface area contributed by atoms with Crippen LogP contribution in [0.3, 0.4) is 0 Å². The molecule has 0 bridgehead atoms. The van der Waals surface area contributed by atoms with Crippen LogP contribution in [0.1, 0.15) is 23.1 Å². The molecule has 0 saturated carbocycles. The van der Waals surface area contributed by atoms with E-state index in [1.807, 2.05) is 30.3 Å². The number of carbonyl (C=O) groups is 2. The Morgan fingerprint density at radius 1 is 1.03 bits per heavy atom. The van der Waals surface area contributed by atoms with Crippen LogP contribution in [-0.2, 0) is 21.7 Å². The molecule has 156 valence electrons. The molecular weight excluding hydrogens is 417 g/mol. The molecule has 4 nitrogen and oxygen atoms in total. The summed E-state index contributed by atoms with van der Waals surface area (Å²) >= 11 is 6.13. The molecule has 1 unspecified atom stereocenters. The maximum atomic E-state index is 14.3. The third-order valence-corrected chi connectivity index (χ3v) is 5.66. The van der Waals surface area contributed by atoms with Gasteiger partial charge in [-0.25, -0.2) is 4.39 Å². The van der Waals surface area contributed by atoms with Crippen molar-refractivity contribution < 1.29 is 19.1 Å². The Bertz CT molecular complexity index is 1160. The Kier molecular flexibility index (Phi) is 5.72. The van der Waals surface area contributed by atoms with E-state index in [1.54, 1.807) is 30.3 Å². The Morgan fingerprint density at radius 3 is 2.48 bits per heavy atom. The van der Waals surface area contributed by atoms with E-state index < -0.39 is 29.5 Å². The van der Waals surface area contributed by atoms with Crippen LogP contribution in [0.2, 0.25) is 5.02 Å². The van der Waals surface area contributed by atoms with Crippen molar-refractivity contribution in [2.75, 3.05) is 4.90 Å². The topological polar surface area (TPSA) is 57.6 Å². The number of amides is 1. The lowest BCUT2D eigenvalue weighted by atomic mass is 9.89. The highest BCUT2D eigenvalue weighted by Crippen LogP contribution is 2.43. The number of aliphatic hydroxyl groups is 1. The van der Waals surface area contributed by atoms with Gasteiger partial charge in [0.2, 0.25) is 0 Å². The van der Waals surface area contributed by atoms with E-state index in [9.17, 15) is 19.1 Å². The third-order valence-electron chi connectivity index (χ3n) is 5.31. The van der Waals surface area contributed by atoms with Crippen molar-refractivity contribution in [3.8, 4) is 0 Å². The molecule has 3 aromatic carbocycles. The molecule has 0 fully saturated rings. The molecule has 31 heavy (non-hydrogen) atoms. The van der Waals surface area contributed by atoms with Crippen molar-refractivity contribution in [2.45, 2.75) is 18.6 Å². The first-order valence-electron chi connectivity index (χ1n) is 9.73. The molecule has 0 spiro atoms. The zero-order valence-corrected chi connectivity index (χ0v) is 17.2. The number of para-hydroxylation sites is 1. The largest absolute Gasteiger partial charge is 0.375 e. The van der Waals surface area contributed by atoms with Crippen LogP contribution in [0.5, 0.6) is 0 Å². The Morgan fingerprint density at radius 2 is 1.74 bits per heavy atom. The Balaban J connectivity index is 1.63. The fraction of sp³-hybridized carbons (Fsp3) is 0.120. The van der Waals surface area contributed by atoms with E-state index in [0.29, 0.717) is 11.3 Å². The number of hydrogen-bond donors (Lipinski definition) is 1. The van der Waals surface area contributed by atoms with Gasteiger partial charge in [-0.1, -0.05) is 72.3 Å². The second-order valence-electron chi connectivity index (χ2n) is 7.36. The molecule has 0 aromatic heterocycles.